The number of nitrogens with one attached hydrogen (secondary N) is 1. The highest BCUT2D eigenvalue weighted by Crippen LogP contribution is 2.31. The summed E-state index contributed by atoms with van der Waals surface area (Å²) in [5.41, 5.74) is 3.19. The molecule has 3 heterocycles. The smallest absolute Gasteiger partial charge is 0.329 e. The first-order chi connectivity index (χ1) is 17.4. The van der Waals surface area contributed by atoms with Crippen molar-refractivity contribution in [3.8, 4) is 0 Å². The van der Waals surface area contributed by atoms with E-state index in [0.717, 1.165) is 42.7 Å². The van der Waals surface area contributed by atoms with Crippen molar-refractivity contribution in [3.05, 3.63) is 64.6 Å². The largest absolute Gasteiger partial charge is 0.461 e. The van der Waals surface area contributed by atoms with E-state index < -0.39 is 11.9 Å². The third kappa shape index (κ3) is 4.78. The third-order valence-electron chi connectivity index (χ3n) is 7.15. The van der Waals surface area contributed by atoms with Gasteiger partial charge in [0.2, 0.25) is 11.8 Å². The van der Waals surface area contributed by atoms with E-state index in [1.807, 2.05) is 48.5 Å². The second-order valence-corrected chi connectivity index (χ2v) is 9.66. The van der Waals surface area contributed by atoms with Crippen molar-refractivity contribution in [1.29, 1.82) is 0 Å². The first kappa shape index (κ1) is 23.8. The molecule has 2 fully saturated rings. The second-order valence-electron chi connectivity index (χ2n) is 9.66. The highest BCUT2D eigenvalue weighted by molar-refractivity contribution is 6.00. The molecule has 1 N–H and O–H groups in total. The van der Waals surface area contributed by atoms with Gasteiger partial charge in [-0.2, -0.15) is 0 Å². The molecule has 1 unspecified atom stereocenters. The molecule has 188 valence electrons. The molecule has 2 aromatic carbocycles. The molecule has 36 heavy (non-hydrogen) atoms. The van der Waals surface area contributed by atoms with Crippen LogP contribution in [-0.2, 0) is 32.8 Å². The van der Waals surface area contributed by atoms with E-state index in [0.29, 0.717) is 30.9 Å². The first-order valence-electron chi connectivity index (χ1n) is 12.4. The van der Waals surface area contributed by atoms with E-state index in [2.05, 4.69) is 10.2 Å². The van der Waals surface area contributed by atoms with Crippen molar-refractivity contribution in [2.75, 3.05) is 18.0 Å². The second kappa shape index (κ2) is 10.0. The van der Waals surface area contributed by atoms with E-state index in [-0.39, 0.29) is 24.0 Å². The Bertz CT molecular complexity index is 1350. The lowest BCUT2D eigenvalue weighted by Crippen LogP contribution is -2.46. The van der Waals surface area contributed by atoms with Gasteiger partial charge in [-0.3, -0.25) is 28.8 Å². The number of benzene rings is 2. The van der Waals surface area contributed by atoms with Gasteiger partial charge in [0.15, 0.2) is 0 Å². The van der Waals surface area contributed by atoms with Gasteiger partial charge in [-0.25, -0.2) is 4.79 Å². The minimum absolute atomic E-state index is 0.165. The third-order valence-corrected chi connectivity index (χ3v) is 7.15. The van der Waals surface area contributed by atoms with Crippen LogP contribution in [0.25, 0.3) is 11.0 Å². The number of aromatic nitrogens is 2. The average molecular weight is 491 g/mol. The summed E-state index contributed by atoms with van der Waals surface area (Å²) in [5.74, 6) is -0.385. The zero-order chi connectivity index (χ0) is 25.2. The van der Waals surface area contributed by atoms with Crippen LogP contribution in [0.1, 0.15) is 43.7 Å². The number of carbonyl (C=O) groups excluding carboxylic acids is 3. The lowest BCUT2D eigenvalue weighted by molar-refractivity contribution is -0.145. The number of fused-ring (bicyclic) bond motifs is 1. The van der Waals surface area contributed by atoms with Crippen LogP contribution in [0.2, 0.25) is 0 Å². The number of imide groups is 1. The molecular weight excluding hydrogens is 460 g/mol. The highest BCUT2D eigenvalue weighted by Gasteiger charge is 2.32. The lowest BCUT2D eigenvalue weighted by atomic mass is 9.93. The molecule has 9 heteroatoms. The van der Waals surface area contributed by atoms with Crippen LogP contribution in [0, 0.1) is 5.92 Å². The highest BCUT2D eigenvalue weighted by atomic mass is 16.5. The summed E-state index contributed by atoms with van der Waals surface area (Å²) in [6.45, 7) is 2.10. The predicted octanol–water partition coefficient (Wildman–Crippen LogP) is 2.67. The molecule has 0 spiro atoms. The molecule has 0 aliphatic carbocycles. The number of ether oxygens (including phenoxy) is 1. The summed E-state index contributed by atoms with van der Waals surface area (Å²) in [4.78, 5) is 51.1. The molecule has 1 atom stereocenters. The summed E-state index contributed by atoms with van der Waals surface area (Å²) >= 11 is 0. The summed E-state index contributed by atoms with van der Waals surface area (Å²) in [6.07, 6.45) is 2.72. The maximum atomic E-state index is 12.9. The number of amides is 2. The SMILES string of the molecule is Cn1c(=O)n(C2CCC(=O)NC2=O)c2ccc(N3CC(CCCC(=O)OCc4ccccc4)C3)cc21. The molecular formula is C27H30N4O5. The van der Waals surface area contributed by atoms with Crippen LogP contribution in [0.3, 0.4) is 0 Å². The standard InChI is InChI=1S/C27H30N4O5/c1-29-23-14-20(10-11-21(23)31(27(29)35)22-12-13-24(32)28-26(22)34)30-15-19(16-30)8-5-9-25(33)36-17-18-6-3-2-4-7-18/h2-4,6-7,10-11,14,19,22H,5,8-9,12-13,15-17H2,1H3,(H,28,32,34). The minimum atomic E-state index is -0.683. The topological polar surface area (TPSA) is 103 Å². The number of aryl methyl sites for hydroxylation is 1. The van der Waals surface area contributed by atoms with Gasteiger partial charge in [-0.05, 0) is 48.9 Å². The molecule has 2 aliphatic heterocycles. The number of anilines is 1. The Kier molecular flexibility index (Phi) is 6.63. The van der Waals surface area contributed by atoms with Gasteiger partial charge in [-0.15, -0.1) is 0 Å². The first-order valence-corrected chi connectivity index (χ1v) is 12.4. The number of piperidine rings is 1. The number of imidazole rings is 1. The number of esters is 1. The van der Waals surface area contributed by atoms with Gasteiger partial charge in [0.05, 0.1) is 11.0 Å². The molecule has 2 saturated heterocycles. The Morgan fingerprint density at radius 3 is 2.58 bits per heavy atom. The van der Waals surface area contributed by atoms with E-state index >= 15 is 0 Å². The zero-order valence-corrected chi connectivity index (χ0v) is 20.3. The number of rotatable bonds is 8. The molecule has 2 amide bonds. The summed E-state index contributed by atoms with van der Waals surface area (Å²) in [5, 5.41) is 2.34. The Morgan fingerprint density at radius 1 is 1.06 bits per heavy atom. The lowest BCUT2D eigenvalue weighted by Gasteiger charge is -2.41. The van der Waals surface area contributed by atoms with Crippen LogP contribution in [0.4, 0.5) is 5.69 Å². The van der Waals surface area contributed by atoms with Crippen molar-refractivity contribution in [2.45, 2.75) is 44.8 Å². The fourth-order valence-electron chi connectivity index (χ4n) is 5.09. The average Bonchev–Trinajstić information content (AvgIpc) is 3.09. The minimum Gasteiger partial charge on any atom is -0.461 e. The Balaban J connectivity index is 1.15. The Hall–Kier alpha value is -3.88. The maximum Gasteiger partial charge on any atom is 0.329 e. The van der Waals surface area contributed by atoms with Crippen LogP contribution in [0.15, 0.2) is 53.3 Å². The quantitative estimate of drug-likeness (QED) is 0.385. The van der Waals surface area contributed by atoms with Gasteiger partial charge in [-0.1, -0.05) is 30.3 Å². The Morgan fingerprint density at radius 2 is 1.83 bits per heavy atom. The Labute approximate surface area is 208 Å². The van der Waals surface area contributed by atoms with Crippen LogP contribution < -0.4 is 15.9 Å². The fraction of sp³-hybridized carbons (Fsp3) is 0.407. The number of nitrogens with zero attached hydrogens (tertiary/aromatic N) is 3. The van der Waals surface area contributed by atoms with Crippen molar-refractivity contribution in [1.82, 2.24) is 14.5 Å². The number of carbonyl (C=O) groups is 3. The summed E-state index contributed by atoms with van der Waals surface area (Å²) in [7, 11) is 1.70. The summed E-state index contributed by atoms with van der Waals surface area (Å²) in [6, 6.07) is 14.8. The van der Waals surface area contributed by atoms with E-state index in [1.54, 1.807) is 11.6 Å². The van der Waals surface area contributed by atoms with Gasteiger partial charge >= 0.3 is 11.7 Å². The molecule has 0 saturated carbocycles. The molecule has 0 radical (unpaired) electrons. The van der Waals surface area contributed by atoms with Crippen molar-refractivity contribution < 1.29 is 19.1 Å². The fourth-order valence-corrected chi connectivity index (χ4v) is 5.09. The van der Waals surface area contributed by atoms with Crippen molar-refractivity contribution in [3.63, 3.8) is 0 Å². The van der Waals surface area contributed by atoms with Crippen LogP contribution in [-0.4, -0.2) is 40.0 Å². The van der Waals surface area contributed by atoms with Crippen molar-refractivity contribution >= 4 is 34.5 Å². The molecule has 0 bridgehead atoms. The number of hydrogen-bond donors (Lipinski definition) is 1. The van der Waals surface area contributed by atoms with Gasteiger partial charge in [0.25, 0.3) is 0 Å². The van der Waals surface area contributed by atoms with Gasteiger partial charge < -0.3 is 9.64 Å². The molecule has 3 aromatic rings. The molecule has 2 aliphatic rings. The molecule has 9 nitrogen and oxygen atoms in total. The van der Waals surface area contributed by atoms with E-state index in [9.17, 15) is 19.2 Å². The summed E-state index contributed by atoms with van der Waals surface area (Å²) < 4.78 is 8.40. The van der Waals surface area contributed by atoms with Gasteiger partial charge in [0.1, 0.15) is 12.6 Å². The molecule has 1 aromatic heterocycles. The van der Waals surface area contributed by atoms with Crippen LogP contribution >= 0.6 is 0 Å². The van der Waals surface area contributed by atoms with E-state index in [4.69, 9.17) is 4.74 Å². The van der Waals surface area contributed by atoms with E-state index in [1.165, 1.54) is 4.57 Å². The van der Waals surface area contributed by atoms with Gasteiger partial charge in [0, 0.05) is 38.7 Å². The maximum absolute atomic E-state index is 12.9. The zero-order valence-electron chi connectivity index (χ0n) is 20.3. The monoisotopic (exact) mass is 490 g/mol. The van der Waals surface area contributed by atoms with Crippen molar-refractivity contribution in [2.24, 2.45) is 13.0 Å². The molecule has 5 rings (SSSR count). The van der Waals surface area contributed by atoms with Crippen LogP contribution in [0.5, 0.6) is 0 Å². The normalized spacial score (nSPS) is 18.2. The number of hydrogen-bond acceptors (Lipinski definition) is 6. The predicted molar refractivity (Wildman–Crippen MR) is 134 cm³/mol.